The molecular formula is C10H10F3N3. The summed E-state index contributed by atoms with van der Waals surface area (Å²) in [7, 11) is 0. The number of alkyl halides is 3. The number of pyridine rings is 1. The minimum Gasteiger partial charge on any atom is -0.366 e. The van der Waals surface area contributed by atoms with E-state index in [0.717, 1.165) is 0 Å². The number of aromatic nitrogens is 1. The van der Waals surface area contributed by atoms with E-state index in [4.69, 9.17) is 5.26 Å². The van der Waals surface area contributed by atoms with Crippen molar-refractivity contribution in [3.8, 4) is 6.07 Å². The molecule has 0 aliphatic heterocycles. The summed E-state index contributed by atoms with van der Waals surface area (Å²) in [6.07, 6.45) is -3.77. The highest BCUT2D eigenvalue weighted by atomic mass is 19.4. The fourth-order valence-corrected chi connectivity index (χ4v) is 1.24. The number of anilines is 1. The normalized spacial score (nSPS) is 12.9. The van der Waals surface area contributed by atoms with E-state index >= 15 is 0 Å². The second-order valence-electron chi connectivity index (χ2n) is 3.38. The Bertz CT molecular complexity index is 395. The number of nitrogens with zero attached hydrogens (tertiary/aromatic N) is 2. The molecule has 1 rings (SSSR count). The van der Waals surface area contributed by atoms with Gasteiger partial charge in [-0.1, -0.05) is 0 Å². The third kappa shape index (κ3) is 3.77. The maximum atomic E-state index is 12.1. The van der Waals surface area contributed by atoms with Gasteiger partial charge in [-0.3, -0.25) is 0 Å². The van der Waals surface area contributed by atoms with Crippen LogP contribution in [0.1, 0.15) is 18.9 Å². The van der Waals surface area contributed by atoms with Crippen molar-refractivity contribution < 1.29 is 13.2 Å². The Morgan fingerprint density at radius 2 is 2.25 bits per heavy atom. The number of hydrogen-bond donors (Lipinski definition) is 1. The minimum atomic E-state index is -4.23. The van der Waals surface area contributed by atoms with Crippen LogP contribution in [0.25, 0.3) is 0 Å². The molecule has 1 aromatic heterocycles. The van der Waals surface area contributed by atoms with Gasteiger partial charge in [-0.05, 0) is 19.1 Å². The minimum absolute atomic E-state index is 0.182. The summed E-state index contributed by atoms with van der Waals surface area (Å²) in [5.74, 6) is 0.182. The SMILES string of the molecule is CC(CC(F)(F)F)Nc1ncccc1C#N. The molecule has 0 amide bonds. The van der Waals surface area contributed by atoms with Gasteiger partial charge in [-0.15, -0.1) is 0 Å². The molecule has 6 heteroatoms. The maximum Gasteiger partial charge on any atom is 0.391 e. The summed E-state index contributed by atoms with van der Waals surface area (Å²) >= 11 is 0. The van der Waals surface area contributed by atoms with Gasteiger partial charge in [-0.2, -0.15) is 18.4 Å². The van der Waals surface area contributed by atoms with Gasteiger partial charge < -0.3 is 5.32 Å². The average molecular weight is 229 g/mol. The Hall–Kier alpha value is -1.77. The van der Waals surface area contributed by atoms with Crippen molar-refractivity contribution in [1.82, 2.24) is 4.98 Å². The fraction of sp³-hybridized carbons (Fsp3) is 0.400. The van der Waals surface area contributed by atoms with Crippen LogP contribution in [-0.4, -0.2) is 17.2 Å². The molecule has 0 spiro atoms. The van der Waals surface area contributed by atoms with Crippen molar-refractivity contribution in [1.29, 1.82) is 5.26 Å². The molecule has 1 N–H and O–H groups in total. The molecule has 0 saturated heterocycles. The van der Waals surface area contributed by atoms with E-state index in [9.17, 15) is 13.2 Å². The van der Waals surface area contributed by atoms with Crippen LogP contribution < -0.4 is 5.32 Å². The number of nitrogens with one attached hydrogen (secondary N) is 1. The summed E-state index contributed by atoms with van der Waals surface area (Å²) in [5.41, 5.74) is 0.233. The molecule has 0 radical (unpaired) electrons. The van der Waals surface area contributed by atoms with Crippen LogP contribution in [0.2, 0.25) is 0 Å². The second-order valence-corrected chi connectivity index (χ2v) is 3.38. The van der Waals surface area contributed by atoms with Gasteiger partial charge in [0.2, 0.25) is 0 Å². The van der Waals surface area contributed by atoms with Crippen LogP contribution in [0, 0.1) is 11.3 Å². The Morgan fingerprint density at radius 3 is 2.81 bits per heavy atom. The van der Waals surface area contributed by atoms with Crippen LogP contribution in [0.15, 0.2) is 18.3 Å². The molecular weight excluding hydrogens is 219 g/mol. The highest BCUT2D eigenvalue weighted by Crippen LogP contribution is 2.23. The quantitative estimate of drug-likeness (QED) is 0.866. The Labute approximate surface area is 90.9 Å². The van der Waals surface area contributed by atoms with E-state index in [-0.39, 0.29) is 11.4 Å². The lowest BCUT2D eigenvalue weighted by Gasteiger charge is -2.16. The lowest BCUT2D eigenvalue weighted by molar-refractivity contribution is -0.136. The van der Waals surface area contributed by atoms with Crippen molar-refractivity contribution in [3.63, 3.8) is 0 Å². The Kier molecular flexibility index (Phi) is 3.72. The number of hydrogen-bond acceptors (Lipinski definition) is 3. The molecule has 0 bridgehead atoms. The zero-order valence-corrected chi connectivity index (χ0v) is 8.54. The first-order valence-corrected chi connectivity index (χ1v) is 4.61. The number of rotatable bonds is 3. The Morgan fingerprint density at radius 1 is 1.56 bits per heavy atom. The van der Waals surface area contributed by atoms with Crippen LogP contribution in [0.3, 0.4) is 0 Å². The summed E-state index contributed by atoms with van der Waals surface area (Å²) in [4.78, 5) is 3.82. The first-order valence-electron chi connectivity index (χ1n) is 4.61. The summed E-state index contributed by atoms with van der Waals surface area (Å²) in [6, 6.07) is 4.09. The Balaban J connectivity index is 2.70. The molecule has 16 heavy (non-hydrogen) atoms. The van der Waals surface area contributed by atoms with E-state index in [2.05, 4.69) is 10.3 Å². The third-order valence-corrected chi connectivity index (χ3v) is 1.85. The smallest absolute Gasteiger partial charge is 0.366 e. The molecule has 3 nitrogen and oxygen atoms in total. The molecule has 0 aromatic carbocycles. The first-order chi connectivity index (χ1) is 7.42. The monoisotopic (exact) mass is 229 g/mol. The lowest BCUT2D eigenvalue weighted by atomic mass is 10.2. The largest absolute Gasteiger partial charge is 0.391 e. The van der Waals surface area contributed by atoms with E-state index in [0.29, 0.717) is 0 Å². The van der Waals surface area contributed by atoms with Crippen molar-refractivity contribution in [2.24, 2.45) is 0 Å². The molecule has 1 unspecified atom stereocenters. The van der Waals surface area contributed by atoms with E-state index in [1.165, 1.54) is 19.2 Å². The summed E-state index contributed by atoms with van der Waals surface area (Å²) in [5, 5.41) is 11.3. The van der Waals surface area contributed by atoms with Gasteiger partial charge in [-0.25, -0.2) is 4.98 Å². The van der Waals surface area contributed by atoms with Gasteiger partial charge >= 0.3 is 6.18 Å². The average Bonchev–Trinajstić information content (AvgIpc) is 2.15. The molecule has 1 aromatic rings. The highest BCUT2D eigenvalue weighted by molar-refractivity contribution is 5.51. The van der Waals surface area contributed by atoms with Gasteiger partial charge in [0.05, 0.1) is 12.0 Å². The van der Waals surface area contributed by atoms with Crippen molar-refractivity contribution in [3.05, 3.63) is 23.9 Å². The molecule has 1 heterocycles. The number of halogens is 3. The fourth-order valence-electron chi connectivity index (χ4n) is 1.24. The van der Waals surface area contributed by atoms with E-state index in [1.807, 2.05) is 6.07 Å². The standard InChI is InChI=1S/C10H10F3N3/c1-7(5-10(11,12)13)16-9-8(6-14)3-2-4-15-9/h2-4,7H,5H2,1H3,(H,15,16). The van der Waals surface area contributed by atoms with Crippen molar-refractivity contribution >= 4 is 5.82 Å². The predicted molar refractivity (Wildman–Crippen MR) is 52.7 cm³/mol. The molecule has 0 aliphatic carbocycles. The van der Waals surface area contributed by atoms with Crippen LogP contribution in [-0.2, 0) is 0 Å². The molecule has 0 saturated carbocycles. The first kappa shape index (κ1) is 12.3. The summed E-state index contributed by atoms with van der Waals surface area (Å²) < 4.78 is 36.2. The van der Waals surface area contributed by atoms with Crippen molar-refractivity contribution in [2.45, 2.75) is 25.6 Å². The van der Waals surface area contributed by atoms with Crippen LogP contribution in [0.5, 0.6) is 0 Å². The topological polar surface area (TPSA) is 48.7 Å². The number of nitriles is 1. The zero-order chi connectivity index (χ0) is 12.2. The third-order valence-electron chi connectivity index (χ3n) is 1.85. The maximum absolute atomic E-state index is 12.1. The van der Waals surface area contributed by atoms with Crippen molar-refractivity contribution in [2.75, 3.05) is 5.32 Å². The second kappa shape index (κ2) is 4.84. The lowest BCUT2D eigenvalue weighted by Crippen LogP contribution is -2.24. The molecule has 0 aliphatic rings. The molecule has 0 fully saturated rings. The predicted octanol–water partition coefficient (Wildman–Crippen LogP) is 2.71. The molecule has 1 atom stereocenters. The molecule has 86 valence electrons. The van der Waals surface area contributed by atoms with Crippen LogP contribution in [0.4, 0.5) is 19.0 Å². The van der Waals surface area contributed by atoms with Gasteiger partial charge in [0.15, 0.2) is 0 Å². The van der Waals surface area contributed by atoms with E-state index < -0.39 is 18.6 Å². The van der Waals surface area contributed by atoms with Gasteiger partial charge in [0.25, 0.3) is 0 Å². The van der Waals surface area contributed by atoms with Gasteiger partial charge in [0, 0.05) is 12.2 Å². The zero-order valence-electron chi connectivity index (χ0n) is 8.54. The highest BCUT2D eigenvalue weighted by Gasteiger charge is 2.30. The summed E-state index contributed by atoms with van der Waals surface area (Å²) in [6.45, 7) is 1.39. The van der Waals surface area contributed by atoms with Crippen LogP contribution >= 0.6 is 0 Å². The van der Waals surface area contributed by atoms with Gasteiger partial charge in [0.1, 0.15) is 11.9 Å². The van der Waals surface area contributed by atoms with E-state index in [1.54, 1.807) is 6.07 Å².